The predicted octanol–water partition coefficient (Wildman–Crippen LogP) is 4.77. The maximum atomic E-state index is 12.7. The molecule has 0 bridgehead atoms. The summed E-state index contributed by atoms with van der Waals surface area (Å²) in [7, 11) is 0. The van der Waals surface area contributed by atoms with Crippen molar-refractivity contribution in [2.75, 3.05) is 6.61 Å². The second kappa shape index (κ2) is 10.9. The topological polar surface area (TPSA) is 64.1 Å². The quantitative estimate of drug-likeness (QED) is 0.530. The van der Waals surface area contributed by atoms with Crippen molar-refractivity contribution in [3.63, 3.8) is 0 Å². The first-order valence-corrected chi connectivity index (χ1v) is 11.1. The zero-order valence-electron chi connectivity index (χ0n) is 19.4. The van der Waals surface area contributed by atoms with Gasteiger partial charge in [0.1, 0.15) is 6.73 Å². The molecule has 0 unspecified atom stereocenters. The maximum Gasteiger partial charge on any atom is 0.330 e. The van der Waals surface area contributed by atoms with Crippen molar-refractivity contribution in [1.29, 1.82) is 0 Å². The fourth-order valence-electron chi connectivity index (χ4n) is 4.04. The van der Waals surface area contributed by atoms with Gasteiger partial charge in [0, 0.05) is 17.7 Å². The van der Waals surface area contributed by atoms with E-state index in [2.05, 4.69) is 43.1 Å². The maximum absolute atomic E-state index is 12.7. The summed E-state index contributed by atoms with van der Waals surface area (Å²) >= 11 is 0. The number of H-pyrrole nitrogens is 1. The van der Waals surface area contributed by atoms with Gasteiger partial charge >= 0.3 is 5.69 Å². The minimum absolute atomic E-state index is 0.0897. The molecular weight excluding hydrogens is 400 g/mol. The Morgan fingerprint density at radius 2 is 1.75 bits per heavy atom. The highest BCUT2D eigenvalue weighted by molar-refractivity contribution is 5.52. The summed E-state index contributed by atoms with van der Waals surface area (Å²) in [5.41, 5.74) is 6.23. The summed E-state index contributed by atoms with van der Waals surface area (Å²) in [5, 5.41) is 0. The van der Waals surface area contributed by atoms with E-state index in [1.54, 1.807) is 4.57 Å². The monoisotopic (exact) mass is 432 g/mol. The average Bonchev–Trinajstić information content (AvgIpc) is 2.73. The minimum atomic E-state index is -0.432. The second-order valence-electron chi connectivity index (χ2n) is 8.41. The molecule has 0 aliphatic rings. The molecule has 0 saturated heterocycles. The molecule has 3 aromatic rings. The average molecular weight is 433 g/mol. The van der Waals surface area contributed by atoms with E-state index in [1.165, 1.54) is 0 Å². The van der Waals surface area contributed by atoms with Crippen molar-refractivity contribution >= 4 is 6.08 Å². The summed E-state index contributed by atoms with van der Waals surface area (Å²) < 4.78 is 7.48. The molecule has 2 aromatic carbocycles. The van der Waals surface area contributed by atoms with Gasteiger partial charge < -0.3 is 4.74 Å². The largest absolute Gasteiger partial charge is 0.356 e. The number of ether oxygens (including phenoxy) is 1. The number of hydrogen-bond donors (Lipinski definition) is 1. The first-order chi connectivity index (χ1) is 15.4. The van der Waals surface area contributed by atoms with Crippen LogP contribution in [0.25, 0.3) is 6.08 Å². The number of aryl methyl sites for hydroxylation is 2. The molecule has 0 saturated carbocycles. The first kappa shape index (κ1) is 23.5. The Kier molecular flexibility index (Phi) is 8.01. The summed E-state index contributed by atoms with van der Waals surface area (Å²) in [6.07, 6.45) is 4.01. The lowest BCUT2D eigenvalue weighted by Gasteiger charge is -2.17. The van der Waals surface area contributed by atoms with E-state index in [4.69, 9.17) is 4.74 Å². The molecule has 0 spiro atoms. The van der Waals surface area contributed by atoms with Crippen molar-refractivity contribution in [2.45, 2.75) is 53.7 Å². The smallest absolute Gasteiger partial charge is 0.330 e. The van der Waals surface area contributed by atoms with Crippen molar-refractivity contribution < 1.29 is 4.74 Å². The molecule has 5 nitrogen and oxygen atoms in total. The van der Waals surface area contributed by atoms with Gasteiger partial charge in [0.05, 0.1) is 6.61 Å². The van der Waals surface area contributed by atoms with E-state index in [9.17, 15) is 9.59 Å². The number of nitrogens with zero attached hydrogens (tertiary/aromatic N) is 1. The molecule has 1 aromatic heterocycles. The lowest BCUT2D eigenvalue weighted by molar-refractivity contribution is 0.0897. The third-order valence-corrected chi connectivity index (χ3v) is 5.33. The SMILES string of the molecule is CCCc1c(Cc2cc(C)cc(C)c2)n(COC/C(C)=C/c2ccccc2)c(=O)[nH]c1=O. The Morgan fingerprint density at radius 3 is 2.41 bits per heavy atom. The van der Waals surface area contributed by atoms with Crippen LogP contribution in [0.5, 0.6) is 0 Å². The highest BCUT2D eigenvalue weighted by atomic mass is 16.5. The highest BCUT2D eigenvalue weighted by Crippen LogP contribution is 2.16. The van der Waals surface area contributed by atoms with Crippen molar-refractivity contribution in [3.8, 4) is 0 Å². The summed E-state index contributed by atoms with van der Waals surface area (Å²) in [4.78, 5) is 27.8. The normalized spacial score (nSPS) is 11.7. The van der Waals surface area contributed by atoms with Gasteiger partial charge in [-0.2, -0.15) is 0 Å². The predicted molar refractivity (Wildman–Crippen MR) is 130 cm³/mol. The van der Waals surface area contributed by atoms with E-state index in [1.807, 2.05) is 44.2 Å². The van der Waals surface area contributed by atoms with Gasteiger partial charge in [0.2, 0.25) is 0 Å². The number of nitrogens with one attached hydrogen (secondary N) is 1. The van der Waals surface area contributed by atoms with Crippen LogP contribution in [0.4, 0.5) is 0 Å². The van der Waals surface area contributed by atoms with E-state index in [-0.39, 0.29) is 12.3 Å². The van der Waals surface area contributed by atoms with Crippen LogP contribution in [-0.2, 0) is 24.3 Å². The van der Waals surface area contributed by atoms with Gasteiger partial charge in [0.15, 0.2) is 0 Å². The molecule has 1 N–H and O–H groups in total. The van der Waals surface area contributed by atoms with E-state index < -0.39 is 5.69 Å². The molecule has 0 radical (unpaired) electrons. The summed E-state index contributed by atoms with van der Waals surface area (Å²) in [5.74, 6) is 0. The van der Waals surface area contributed by atoms with E-state index in [0.29, 0.717) is 25.0 Å². The Hall–Kier alpha value is -3.18. The first-order valence-electron chi connectivity index (χ1n) is 11.1. The number of aromatic nitrogens is 2. The molecule has 0 atom stereocenters. The van der Waals surface area contributed by atoms with Crippen LogP contribution in [0.15, 0.2) is 63.7 Å². The van der Waals surface area contributed by atoms with Crippen LogP contribution in [0.3, 0.4) is 0 Å². The molecule has 1 heterocycles. The van der Waals surface area contributed by atoms with Crippen molar-refractivity contribution in [3.05, 3.63) is 108 Å². The second-order valence-corrected chi connectivity index (χ2v) is 8.41. The number of rotatable bonds is 9. The number of aromatic amines is 1. The molecular formula is C27H32N2O3. The lowest BCUT2D eigenvalue weighted by atomic mass is 10.00. The van der Waals surface area contributed by atoms with E-state index in [0.717, 1.165) is 39.9 Å². The fraction of sp³-hybridized carbons (Fsp3) is 0.333. The molecule has 5 heteroatoms. The van der Waals surface area contributed by atoms with Gasteiger partial charge in [0.25, 0.3) is 5.56 Å². The highest BCUT2D eigenvalue weighted by Gasteiger charge is 2.15. The van der Waals surface area contributed by atoms with Crippen LogP contribution < -0.4 is 11.2 Å². The Morgan fingerprint density at radius 1 is 1.06 bits per heavy atom. The summed E-state index contributed by atoms with van der Waals surface area (Å²) in [6, 6.07) is 16.4. The Balaban J connectivity index is 1.88. The number of benzene rings is 2. The molecule has 0 aliphatic heterocycles. The van der Waals surface area contributed by atoms with Gasteiger partial charge in [-0.05, 0) is 43.9 Å². The Labute approximate surface area is 189 Å². The van der Waals surface area contributed by atoms with E-state index >= 15 is 0 Å². The standard InChI is InChI=1S/C27H32N2O3/c1-5-9-24-25(16-23-13-19(2)12-20(3)14-23)29(27(31)28-26(24)30)18-32-17-21(4)15-22-10-7-6-8-11-22/h6-8,10-15H,5,9,16-18H2,1-4H3,(H,28,30,31)/b21-15+. The van der Waals surface area contributed by atoms with Gasteiger partial charge in [-0.15, -0.1) is 0 Å². The molecule has 0 aliphatic carbocycles. The fourth-order valence-corrected chi connectivity index (χ4v) is 4.04. The zero-order valence-corrected chi connectivity index (χ0v) is 19.4. The third-order valence-electron chi connectivity index (χ3n) is 5.33. The van der Waals surface area contributed by atoms with Gasteiger partial charge in [-0.3, -0.25) is 14.3 Å². The van der Waals surface area contributed by atoms with Gasteiger partial charge in [-0.25, -0.2) is 4.79 Å². The third kappa shape index (κ3) is 6.17. The van der Waals surface area contributed by atoms with Gasteiger partial charge in [-0.1, -0.05) is 79.1 Å². The molecule has 168 valence electrons. The molecule has 3 rings (SSSR count). The molecule has 0 amide bonds. The number of hydrogen-bond acceptors (Lipinski definition) is 3. The van der Waals surface area contributed by atoms with Crippen molar-refractivity contribution in [2.24, 2.45) is 0 Å². The Bertz CT molecular complexity index is 1180. The van der Waals surface area contributed by atoms with Crippen LogP contribution in [0.1, 0.15) is 53.8 Å². The van der Waals surface area contributed by atoms with Crippen LogP contribution >= 0.6 is 0 Å². The summed E-state index contributed by atoms with van der Waals surface area (Å²) in [6.45, 7) is 8.63. The van der Waals surface area contributed by atoms with Crippen molar-refractivity contribution in [1.82, 2.24) is 9.55 Å². The molecule has 32 heavy (non-hydrogen) atoms. The lowest BCUT2D eigenvalue weighted by Crippen LogP contribution is -2.36. The minimum Gasteiger partial charge on any atom is -0.356 e. The van der Waals surface area contributed by atoms with Crippen LogP contribution in [0, 0.1) is 13.8 Å². The zero-order chi connectivity index (χ0) is 23.1. The molecule has 0 fully saturated rings. The van der Waals surface area contributed by atoms with Crippen LogP contribution in [0.2, 0.25) is 0 Å². The van der Waals surface area contributed by atoms with Crippen LogP contribution in [-0.4, -0.2) is 16.2 Å².